The Hall–Kier alpha value is -3.52. The van der Waals surface area contributed by atoms with Crippen LogP contribution in [0.5, 0.6) is 11.5 Å². The first-order chi connectivity index (χ1) is 16.2. The van der Waals surface area contributed by atoms with E-state index in [0.29, 0.717) is 17.2 Å². The second kappa shape index (κ2) is 11.1. The SMILES string of the molecule is COc1ccccc1C(C)NC(=O)COc1ccc(N(Cc2ccc(C)cc2)S(C)(=O)=O)cc1. The molecule has 1 amide bonds. The van der Waals surface area contributed by atoms with Crippen LogP contribution in [0.4, 0.5) is 5.69 Å². The summed E-state index contributed by atoms with van der Waals surface area (Å²) < 4.78 is 37.1. The number of hydrogen-bond acceptors (Lipinski definition) is 5. The van der Waals surface area contributed by atoms with Crippen LogP contribution in [0.15, 0.2) is 72.8 Å². The van der Waals surface area contributed by atoms with Crippen molar-refractivity contribution in [3.05, 3.63) is 89.5 Å². The van der Waals surface area contributed by atoms with Crippen molar-refractivity contribution in [2.45, 2.75) is 26.4 Å². The third-order valence-electron chi connectivity index (χ3n) is 5.32. The van der Waals surface area contributed by atoms with Gasteiger partial charge in [-0.2, -0.15) is 0 Å². The first-order valence-electron chi connectivity index (χ1n) is 10.9. The van der Waals surface area contributed by atoms with Gasteiger partial charge in [-0.25, -0.2) is 8.42 Å². The minimum Gasteiger partial charge on any atom is -0.496 e. The highest BCUT2D eigenvalue weighted by molar-refractivity contribution is 7.92. The fourth-order valence-electron chi connectivity index (χ4n) is 3.50. The van der Waals surface area contributed by atoms with Crippen molar-refractivity contribution in [3.63, 3.8) is 0 Å². The Morgan fingerprint density at radius 1 is 1.00 bits per heavy atom. The molecule has 0 aromatic heterocycles. The summed E-state index contributed by atoms with van der Waals surface area (Å²) in [6, 6.07) is 21.6. The zero-order valence-electron chi connectivity index (χ0n) is 19.8. The number of methoxy groups -OCH3 is 1. The van der Waals surface area contributed by atoms with Crippen molar-refractivity contribution in [1.82, 2.24) is 5.32 Å². The number of nitrogens with one attached hydrogen (secondary N) is 1. The van der Waals surface area contributed by atoms with Crippen LogP contribution in [0.25, 0.3) is 0 Å². The first-order valence-corrected chi connectivity index (χ1v) is 12.7. The number of rotatable bonds is 10. The predicted octanol–water partition coefficient (Wildman–Crippen LogP) is 4.23. The van der Waals surface area contributed by atoms with E-state index in [2.05, 4.69) is 5.32 Å². The molecular weight excluding hydrogens is 452 g/mol. The monoisotopic (exact) mass is 482 g/mol. The van der Waals surface area contributed by atoms with Crippen molar-refractivity contribution < 1.29 is 22.7 Å². The Morgan fingerprint density at radius 3 is 2.26 bits per heavy atom. The summed E-state index contributed by atoms with van der Waals surface area (Å²) >= 11 is 0. The summed E-state index contributed by atoms with van der Waals surface area (Å²) in [7, 11) is -1.90. The van der Waals surface area contributed by atoms with Crippen LogP contribution in [-0.4, -0.2) is 34.3 Å². The van der Waals surface area contributed by atoms with E-state index in [1.54, 1.807) is 31.4 Å². The maximum absolute atomic E-state index is 12.4. The molecule has 180 valence electrons. The summed E-state index contributed by atoms with van der Waals surface area (Å²) in [5.74, 6) is 0.889. The lowest BCUT2D eigenvalue weighted by atomic mass is 10.1. The largest absolute Gasteiger partial charge is 0.496 e. The molecule has 8 heteroatoms. The maximum atomic E-state index is 12.4. The van der Waals surface area contributed by atoms with Crippen molar-refractivity contribution in [2.75, 3.05) is 24.3 Å². The van der Waals surface area contributed by atoms with E-state index < -0.39 is 10.0 Å². The molecule has 3 aromatic rings. The highest BCUT2D eigenvalue weighted by atomic mass is 32.2. The number of benzene rings is 3. The second-order valence-corrected chi connectivity index (χ2v) is 9.98. The summed E-state index contributed by atoms with van der Waals surface area (Å²) in [5, 5.41) is 2.89. The molecule has 0 saturated heterocycles. The third kappa shape index (κ3) is 6.74. The van der Waals surface area contributed by atoms with Gasteiger partial charge < -0.3 is 14.8 Å². The molecule has 1 unspecified atom stereocenters. The van der Waals surface area contributed by atoms with Crippen LogP contribution in [0, 0.1) is 6.92 Å². The summed E-state index contributed by atoms with van der Waals surface area (Å²) in [4.78, 5) is 12.4. The minimum atomic E-state index is -3.49. The van der Waals surface area contributed by atoms with Gasteiger partial charge in [-0.1, -0.05) is 48.0 Å². The normalized spacial score (nSPS) is 12.0. The number of amides is 1. The smallest absolute Gasteiger partial charge is 0.258 e. The lowest BCUT2D eigenvalue weighted by Gasteiger charge is -2.23. The predicted molar refractivity (Wildman–Crippen MR) is 134 cm³/mol. The summed E-state index contributed by atoms with van der Waals surface area (Å²) in [6.07, 6.45) is 1.18. The fraction of sp³-hybridized carbons (Fsp3) is 0.269. The van der Waals surface area contributed by atoms with Gasteiger partial charge in [-0.15, -0.1) is 0 Å². The molecule has 3 rings (SSSR count). The van der Waals surface area contributed by atoms with E-state index in [0.717, 1.165) is 16.7 Å². The van der Waals surface area contributed by atoms with Gasteiger partial charge >= 0.3 is 0 Å². The van der Waals surface area contributed by atoms with Gasteiger partial charge in [0.25, 0.3) is 5.91 Å². The molecular formula is C26H30N2O5S. The zero-order valence-corrected chi connectivity index (χ0v) is 20.6. The van der Waals surface area contributed by atoms with Gasteiger partial charge in [0, 0.05) is 5.56 Å². The number of nitrogens with zero attached hydrogens (tertiary/aromatic N) is 1. The van der Waals surface area contributed by atoms with E-state index in [-0.39, 0.29) is 25.1 Å². The van der Waals surface area contributed by atoms with Crippen LogP contribution in [0.1, 0.15) is 29.7 Å². The fourth-order valence-corrected chi connectivity index (χ4v) is 4.39. The maximum Gasteiger partial charge on any atom is 0.258 e. The minimum absolute atomic E-state index is 0.169. The van der Waals surface area contributed by atoms with Crippen LogP contribution < -0.4 is 19.1 Å². The average Bonchev–Trinajstić information content (AvgIpc) is 2.82. The molecule has 0 aliphatic rings. The van der Waals surface area contributed by atoms with Gasteiger partial charge in [0.15, 0.2) is 6.61 Å². The molecule has 0 heterocycles. The van der Waals surface area contributed by atoms with E-state index >= 15 is 0 Å². The highest BCUT2D eigenvalue weighted by Crippen LogP contribution is 2.25. The van der Waals surface area contributed by atoms with Gasteiger partial charge in [0.2, 0.25) is 10.0 Å². The number of carbonyl (C=O) groups is 1. The molecule has 0 aliphatic heterocycles. The number of para-hydroxylation sites is 1. The van der Waals surface area contributed by atoms with Crippen molar-refractivity contribution in [1.29, 1.82) is 0 Å². The van der Waals surface area contributed by atoms with Crippen LogP contribution in [0.2, 0.25) is 0 Å². The number of aryl methyl sites for hydroxylation is 1. The molecule has 3 aromatic carbocycles. The lowest BCUT2D eigenvalue weighted by Crippen LogP contribution is -2.31. The number of hydrogen-bond donors (Lipinski definition) is 1. The molecule has 0 bridgehead atoms. The van der Waals surface area contributed by atoms with E-state index in [4.69, 9.17) is 9.47 Å². The van der Waals surface area contributed by atoms with Crippen molar-refractivity contribution >= 4 is 21.6 Å². The number of carbonyl (C=O) groups excluding carboxylic acids is 1. The Morgan fingerprint density at radius 2 is 1.65 bits per heavy atom. The Labute approximate surface area is 201 Å². The van der Waals surface area contributed by atoms with Crippen LogP contribution in [0.3, 0.4) is 0 Å². The number of ether oxygens (including phenoxy) is 2. The molecule has 1 N–H and O–H groups in total. The molecule has 0 fully saturated rings. The molecule has 7 nitrogen and oxygen atoms in total. The van der Waals surface area contributed by atoms with E-state index in [1.165, 1.54) is 10.6 Å². The summed E-state index contributed by atoms with van der Waals surface area (Å²) in [6.45, 7) is 3.91. The lowest BCUT2D eigenvalue weighted by molar-refractivity contribution is -0.123. The Kier molecular flexibility index (Phi) is 8.17. The summed E-state index contributed by atoms with van der Waals surface area (Å²) in [5.41, 5.74) is 3.39. The van der Waals surface area contributed by atoms with E-state index in [9.17, 15) is 13.2 Å². The highest BCUT2D eigenvalue weighted by Gasteiger charge is 2.18. The third-order valence-corrected chi connectivity index (χ3v) is 6.47. The number of anilines is 1. The zero-order chi connectivity index (χ0) is 24.7. The topological polar surface area (TPSA) is 84.9 Å². The van der Waals surface area contributed by atoms with Gasteiger partial charge in [0.05, 0.1) is 31.6 Å². The molecule has 0 saturated carbocycles. The molecule has 34 heavy (non-hydrogen) atoms. The molecule has 0 aliphatic carbocycles. The first kappa shape index (κ1) is 25.1. The molecule has 0 spiro atoms. The quantitative estimate of drug-likeness (QED) is 0.468. The molecule has 1 atom stereocenters. The second-order valence-electron chi connectivity index (χ2n) is 8.07. The Bertz CT molecular complexity index is 1210. The van der Waals surface area contributed by atoms with Crippen LogP contribution in [-0.2, 0) is 21.4 Å². The standard InChI is InChI=1S/C26H30N2O5S/c1-19-9-11-21(12-10-19)17-28(34(4,30)31)22-13-15-23(16-14-22)33-18-26(29)27-20(2)24-7-5-6-8-25(24)32-3/h5-16,20H,17-18H2,1-4H3,(H,27,29). The Balaban J connectivity index is 1.61. The van der Waals surface area contributed by atoms with Crippen LogP contribution >= 0.6 is 0 Å². The number of sulfonamides is 1. The molecule has 0 radical (unpaired) electrons. The average molecular weight is 483 g/mol. The van der Waals surface area contributed by atoms with Gasteiger partial charge in [0.1, 0.15) is 11.5 Å². The van der Waals surface area contributed by atoms with E-state index in [1.807, 2.05) is 62.4 Å². The van der Waals surface area contributed by atoms with Crippen molar-refractivity contribution in [3.8, 4) is 11.5 Å². The van der Waals surface area contributed by atoms with Crippen molar-refractivity contribution in [2.24, 2.45) is 0 Å². The van der Waals surface area contributed by atoms with Gasteiger partial charge in [-0.05, 0) is 49.7 Å². The van der Waals surface area contributed by atoms with Gasteiger partial charge in [-0.3, -0.25) is 9.10 Å².